The Hall–Kier alpha value is -3.29. The third kappa shape index (κ3) is 5.21. The zero-order chi connectivity index (χ0) is 23.4. The number of ether oxygens (including phenoxy) is 3. The first kappa shape index (κ1) is 22.9. The van der Waals surface area contributed by atoms with E-state index >= 15 is 0 Å². The lowest BCUT2D eigenvalue weighted by molar-refractivity contribution is -0.113. The topological polar surface area (TPSA) is 48.0 Å². The number of hydrogen-bond donors (Lipinski definition) is 0. The molecule has 1 saturated heterocycles. The van der Waals surface area contributed by atoms with Gasteiger partial charge < -0.3 is 14.2 Å². The molecule has 5 nitrogen and oxygen atoms in total. The van der Waals surface area contributed by atoms with Crippen LogP contribution in [0.15, 0.2) is 71.6 Å². The van der Waals surface area contributed by atoms with E-state index in [-0.39, 0.29) is 5.91 Å². The Bertz CT molecular complexity index is 1200. The minimum atomic E-state index is -0.187. The summed E-state index contributed by atoms with van der Waals surface area (Å²) in [5.74, 6) is 1.74. The molecule has 4 rings (SSSR count). The Morgan fingerprint density at radius 3 is 2.30 bits per heavy atom. The summed E-state index contributed by atoms with van der Waals surface area (Å²) in [7, 11) is 3.13. The molecule has 0 spiro atoms. The first-order chi connectivity index (χ1) is 16.0. The molecule has 0 atom stereocenters. The second-order valence-corrected chi connectivity index (χ2v) is 9.07. The predicted molar refractivity (Wildman–Crippen MR) is 137 cm³/mol. The van der Waals surface area contributed by atoms with Crippen LogP contribution in [0.25, 0.3) is 6.08 Å². The summed E-state index contributed by atoms with van der Waals surface area (Å²) < 4.78 is 17.0. The van der Waals surface area contributed by atoms with Crippen LogP contribution in [0.2, 0.25) is 0 Å². The molecular weight excluding hydrogens is 454 g/mol. The number of aryl methyl sites for hydroxylation is 1. The molecule has 1 aliphatic rings. The van der Waals surface area contributed by atoms with Crippen molar-refractivity contribution in [2.24, 2.45) is 0 Å². The van der Waals surface area contributed by atoms with E-state index < -0.39 is 0 Å². The van der Waals surface area contributed by atoms with E-state index in [9.17, 15) is 4.79 Å². The fraction of sp³-hybridized carbons (Fsp3) is 0.154. The number of nitrogens with zero attached hydrogens (tertiary/aromatic N) is 1. The van der Waals surface area contributed by atoms with E-state index in [1.165, 1.54) is 22.2 Å². The molecular formula is C26H23NO4S2. The lowest BCUT2D eigenvalue weighted by Crippen LogP contribution is -2.27. The lowest BCUT2D eigenvalue weighted by atomic mass is 10.1. The number of hydrogen-bond acceptors (Lipinski definition) is 6. The number of benzene rings is 3. The molecule has 0 aromatic heterocycles. The Labute approximate surface area is 203 Å². The molecule has 0 aliphatic carbocycles. The molecule has 3 aromatic carbocycles. The molecule has 1 fully saturated rings. The summed E-state index contributed by atoms with van der Waals surface area (Å²) in [6, 6.07) is 21.2. The highest BCUT2D eigenvalue weighted by Gasteiger charge is 2.35. The van der Waals surface area contributed by atoms with Gasteiger partial charge in [-0.2, -0.15) is 0 Å². The van der Waals surface area contributed by atoms with Gasteiger partial charge in [-0.3, -0.25) is 9.69 Å². The van der Waals surface area contributed by atoms with E-state index in [0.717, 1.165) is 16.9 Å². The molecule has 0 unspecified atom stereocenters. The number of carbonyl (C=O) groups is 1. The summed E-state index contributed by atoms with van der Waals surface area (Å²) in [6.45, 7) is 2.56. The van der Waals surface area contributed by atoms with Gasteiger partial charge in [-0.25, -0.2) is 0 Å². The SMILES string of the molecule is COc1ccc(N2C(=O)/C(=C/c3ccc(OCc4ccc(C)cc4)cc3)SC2=S)c(OC)c1. The van der Waals surface area contributed by atoms with Gasteiger partial charge in [0, 0.05) is 6.07 Å². The Morgan fingerprint density at radius 1 is 0.939 bits per heavy atom. The molecule has 0 radical (unpaired) electrons. The van der Waals surface area contributed by atoms with Crippen LogP contribution in [-0.2, 0) is 11.4 Å². The first-order valence-corrected chi connectivity index (χ1v) is 11.5. The van der Waals surface area contributed by atoms with Gasteiger partial charge in [0.25, 0.3) is 5.91 Å². The predicted octanol–water partition coefficient (Wildman–Crippen LogP) is 6.00. The van der Waals surface area contributed by atoms with Crippen LogP contribution in [-0.4, -0.2) is 24.4 Å². The number of anilines is 1. The maximum Gasteiger partial charge on any atom is 0.270 e. The number of methoxy groups -OCH3 is 2. The molecule has 0 N–H and O–H groups in total. The van der Waals surface area contributed by atoms with Crippen LogP contribution >= 0.6 is 24.0 Å². The van der Waals surface area contributed by atoms with Crippen molar-refractivity contribution in [1.82, 2.24) is 0 Å². The standard InChI is InChI=1S/C26H23NO4S2/c1-17-4-6-19(7-5-17)16-31-20-10-8-18(9-11-20)14-24-25(28)27(26(32)33-24)22-13-12-21(29-2)15-23(22)30-3/h4-15H,16H2,1-3H3/b24-14-. The summed E-state index contributed by atoms with van der Waals surface area (Å²) >= 11 is 6.76. The van der Waals surface area contributed by atoms with Crippen molar-refractivity contribution in [2.75, 3.05) is 19.1 Å². The number of rotatable bonds is 7. The zero-order valence-corrected chi connectivity index (χ0v) is 20.2. The van der Waals surface area contributed by atoms with E-state index in [1.54, 1.807) is 32.4 Å². The van der Waals surface area contributed by atoms with Crippen molar-refractivity contribution in [1.29, 1.82) is 0 Å². The minimum Gasteiger partial charge on any atom is -0.497 e. The number of thioether (sulfide) groups is 1. The minimum absolute atomic E-state index is 0.187. The maximum atomic E-state index is 13.1. The number of carbonyl (C=O) groups excluding carboxylic acids is 1. The second-order valence-electron chi connectivity index (χ2n) is 7.40. The van der Waals surface area contributed by atoms with Gasteiger partial charge in [0.15, 0.2) is 4.32 Å². The Kier molecular flexibility index (Phi) is 7.01. The van der Waals surface area contributed by atoms with Crippen molar-refractivity contribution < 1.29 is 19.0 Å². The largest absolute Gasteiger partial charge is 0.497 e. The highest BCUT2D eigenvalue weighted by molar-refractivity contribution is 8.27. The van der Waals surface area contributed by atoms with E-state index in [2.05, 4.69) is 31.2 Å². The molecule has 0 bridgehead atoms. The summed E-state index contributed by atoms with van der Waals surface area (Å²) in [5, 5.41) is 0. The summed E-state index contributed by atoms with van der Waals surface area (Å²) in [4.78, 5) is 15.2. The first-order valence-electron chi connectivity index (χ1n) is 10.3. The van der Waals surface area contributed by atoms with Crippen molar-refractivity contribution in [3.63, 3.8) is 0 Å². The van der Waals surface area contributed by atoms with Gasteiger partial charge in [-0.05, 0) is 48.4 Å². The van der Waals surface area contributed by atoms with Crippen LogP contribution in [0.3, 0.4) is 0 Å². The normalized spacial score (nSPS) is 14.6. The highest BCUT2D eigenvalue weighted by atomic mass is 32.2. The van der Waals surface area contributed by atoms with E-state index in [4.69, 9.17) is 26.4 Å². The average molecular weight is 478 g/mol. The third-order valence-corrected chi connectivity index (χ3v) is 6.43. The average Bonchev–Trinajstić information content (AvgIpc) is 3.11. The second kappa shape index (κ2) is 10.1. The van der Waals surface area contributed by atoms with Gasteiger partial charge in [-0.1, -0.05) is 65.9 Å². The molecule has 33 heavy (non-hydrogen) atoms. The molecule has 3 aromatic rings. The molecule has 7 heteroatoms. The molecule has 168 valence electrons. The molecule has 1 amide bonds. The number of thiocarbonyl (C=S) groups is 1. The van der Waals surface area contributed by atoms with Crippen LogP contribution in [0.5, 0.6) is 17.2 Å². The van der Waals surface area contributed by atoms with Crippen LogP contribution in [0, 0.1) is 6.92 Å². The Balaban J connectivity index is 1.47. The molecule has 1 heterocycles. The fourth-order valence-electron chi connectivity index (χ4n) is 3.31. The van der Waals surface area contributed by atoms with Crippen LogP contribution < -0.4 is 19.1 Å². The van der Waals surface area contributed by atoms with E-state index in [0.29, 0.717) is 33.0 Å². The van der Waals surface area contributed by atoms with Crippen molar-refractivity contribution in [3.05, 3.63) is 88.3 Å². The molecule has 0 saturated carbocycles. The Morgan fingerprint density at radius 2 is 1.64 bits per heavy atom. The van der Waals surface area contributed by atoms with Gasteiger partial charge in [0.05, 0.1) is 24.8 Å². The monoisotopic (exact) mass is 477 g/mol. The van der Waals surface area contributed by atoms with Crippen molar-refractivity contribution in [2.45, 2.75) is 13.5 Å². The van der Waals surface area contributed by atoms with Crippen LogP contribution in [0.4, 0.5) is 5.69 Å². The fourth-order valence-corrected chi connectivity index (χ4v) is 4.59. The number of amides is 1. The lowest BCUT2D eigenvalue weighted by Gasteiger charge is -2.18. The third-order valence-electron chi connectivity index (χ3n) is 5.13. The highest BCUT2D eigenvalue weighted by Crippen LogP contribution is 2.41. The van der Waals surface area contributed by atoms with Gasteiger partial charge in [0.2, 0.25) is 0 Å². The van der Waals surface area contributed by atoms with Gasteiger partial charge in [0.1, 0.15) is 23.9 Å². The zero-order valence-electron chi connectivity index (χ0n) is 18.5. The van der Waals surface area contributed by atoms with Gasteiger partial charge >= 0.3 is 0 Å². The quantitative estimate of drug-likeness (QED) is 0.307. The van der Waals surface area contributed by atoms with Crippen molar-refractivity contribution in [3.8, 4) is 17.2 Å². The van der Waals surface area contributed by atoms with Gasteiger partial charge in [-0.15, -0.1) is 0 Å². The van der Waals surface area contributed by atoms with Crippen LogP contribution in [0.1, 0.15) is 16.7 Å². The molecule has 1 aliphatic heterocycles. The van der Waals surface area contributed by atoms with Crippen molar-refractivity contribution >= 4 is 46.0 Å². The smallest absolute Gasteiger partial charge is 0.270 e. The maximum absolute atomic E-state index is 13.1. The van der Waals surface area contributed by atoms with E-state index in [1.807, 2.05) is 30.3 Å². The summed E-state index contributed by atoms with van der Waals surface area (Å²) in [5.41, 5.74) is 3.81. The summed E-state index contributed by atoms with van der Waals surface area (Å²) in [6.07, 6.45) is 1.83.